The molecule has 2 unspecified atom stereocenters. The molecule has 1 aromatic carbocycles. The molecular formula is C16H24N2O3. The van der Waals surface area contributed by atoms with Crippen molar-refractivity contribution in [3.8, 4) is 0 Å². The highest BCUT2D eigenvalue weighted by Crippen LogP contribution is 2.27. The van der Waals surface area contributed by atoms with Gasteiger partial charge in [0.05, 0.1) is 24.8 Å². The van der Waals surface area contributed by atoms with Gasteiger partial charge in [0.1, 0.15) is 0 Å². The van der Waals surface area contributed by atoms with E-state index in [1.54, 1.807) is 6.07 Å². The molecule has 0 heterocycles. The van der Waals surface area contributed by atoms with E-state index >= 15 is 0 Å². The zero-order valence-corrected chi connectivity index (χ0v) is 12.7. The molecular weight excluding hydrogens is 268 g/mol. The first-order chi connectivity index (χ1) is 10.0. The molecule has 1 aliphatic carbocycles. The molecule has 0 saturated heterocycles. The lowest BCUT2D eigenvalue weighted by atomic mass is 10.0. The third-order valence-corrected chi connectivity index (χ3v) is 4.12. The summed E-state index contributed by atoms with van der Waals surface area (Å²) in [7, 11) is 1.34. The maximum Gasteiger partial charge on any atom is 0.340 e. The van der Waals surface area contributed by atoms with E-state index in [0.29, 0.717) is 11.3 Å². The van der Waals surface area contributed by atoms with Crippen LogP contribution in [0.25, 0.3) is 0 Å². The predicted molar refractivity (Wildman–Crippen MR) is 83.4 cm³/mol. The number of nitrogen functional groups attached to an aromatic ring is 1. The summed E-state index contributed by atoms with van der Waals surface area (Å²) in [4.78, 5) is 11.8. The normalized spacial score (nSPS) is 22.4. The van der Waals surface area contributed by atoms with Crippen LogP contribution in [-0.2, 0) is 4.74 Å². The number of esters is 1. The number of carbonyl (C=O) groups is 1. The summed E-state index contributed by atoms with van der Waals surface area (Å²) in [5, 5.41) is 13.5. The topological polar surface area (TPSA) is 84.6 Å². The number of methoxy groups -OCH3 is 1. The third kappa shape index (κ3) is 3.67. The summed E-state index contributed by atoms with van der Waals surface area (Å²) in [6.45, 7) is 1.86. The van der Waals surface area contributed by atoms with E-state index in [0.717, 1.165) is 43.4 Å². The van der Waals surface area contributed by atoms with Gasteiger partial charge in [-0.15, -0.1) is 0 Å². The van der Waals surface area contributed by atoms with E-state index < -0.39 is 5.97 Å². The average molecular weight is 292 g/mol. The van der Waals surface area contributed by atoms with Crippen molar-refractivity contribution in [2.75, 3.05) is 18.2 Å². The molecule has 0 amide bonds. The smallest absolute Gasteiger partial charge is 0.340 e. The van der Waals surface area contributed by atoms with Crippen molar-refractivity contribution in [2.24, 2.45) is 0 Å². The number of hydrogen-bond acceptors (Lipinski definition) is 5. The number of ether oxygens (including phenoxy) is 1. The number of nitrogens with one attached hydrogen (secondary N) is 1. The Morgan fingerprint density at radius 2 is 2.05 bits per heavy atom. The number of nitrogens with two attached hydrogens (primary N) is 1. The van der Waals surface area contributed by atoms with E-state index in [2.05, 4.69) is 5.32 Å². The Hall–Kier alpha value is -1.75. The first-order valence-electron chi connectivity index (χ1n) is 7.46. The number of benzene rings is 1. The van der Waals surface area contributed by atoms with Crippen molar-refractivity contribution in [3.05, 3.63) is 23.3 Å². The summed E-state index contributed by atoms with van der Waals surface area (Å²) >= 11 is 0. The second kappa shape index (κ2) is 6.80. The number of hydrogen-bond donors (Lipinski definition) is 3. The van der Waals surface area contributed by atoms with Gasteiger partial charge >= 0.3 is 5.97 Å². The number of aliphatic hydroxyl groups excluding tert-OH is 1. The molecule has 0 bridgehead atoms. The molecule has 5 nitrogen and oxygen atoms in total. The molecule has 0 radical (unpaired) electrons. The molecule has 1 aliphatic rings. The quantitative estimate of drug-likeness (QED) is 0.453. The summed E-state index contributed by atoms with van der Waals surface area (Å²) in [6.07, 6.45) is 4.71. The maximum atomic E-state index is 11.8. The lowest BCUT2D eigenvalue weighted by Gasteiger charge is -2.24. The molecule has 2 atom stereocenters. The molecule has 0 aromatic heterocycles. The summed E-state index contributed by atoms with van der Waals surface area (Å²) in [5.74, 6) is -0.444. The van der Waals surface area contributed by atoms with Crippen LogP contribution in [0.4, 0.5) is 11.4 Å². The van der Waals surface area contributed by atoms with Gasteiger partial charge < -0.3 is 20.9 Å². The zero-order chi connectivity index (χ0) is 15.4. The highest BCUT2D eigenvalue weighted by molar-refractivity contribution is 5.97. The van der Waals surface area contributed by atoms with Crippen LogP contribution in [0.3, 0.4) is 0 Å². The standard InChI is InChI=1S/C16H24N2O3/c1-10-8-11(9-12(15(10)17)16(20)21-2)18-13-6-4-3-5-7-14(13)19/h8-9,13-14,18-19H,3-7,17H2,1-2H3. The van der Waals surface area contributed by atoms with Gasteiger partial charge in [-0.1, -0.05) is 19.3 Å². The lowest BCUT2D eigenvalue weighted by molar-refractivity contribution is 0.0602. The number of carbonyl (C=O) groups excluding carboxylic acids is 1. The monoisotopic (exact) mass is 292 g/mol. The molecule has 4 N–H and O–H groups in total. The Morgan fingerprint density at radius 1 is 1.33 bits per heavy atom. The van der Waals surface area contributed by atoms with Crippen molar-refractivity contribution in [1.82, 2.24) is 0 Å². The number of rotatable bonds is 3. The first-order valence-corrected chi connectivity index (χ1v) is 7.46. The highest BCUT2D eigenvalue weighted by atomic mass is 16.5. The summed E-state index contributed by atoms with van der Waals surface area (Å²) in [5.41, 5.74) is 8.36. The van der Waals surface area contributed by atoms with E-state index in [-0.39, 0.29) is 12.1 Å². The van der Waals surface area contributed by atoms with Crippen LogP contribution < -0.4 is 11.1 Å². The third-order valence-electron chi connectivity index (χ3n) is 4.12. The molecule has 0 aliphatic heterocycles. The van der Waals surface area contributed by atoms with Gasteiger partial charge in [-0.2, -0.15) is 0 Å². The van der Waals surface area contributed by atoms with Gasteiger partial charge in [0, 0.05) is 11.4 Å². The molecule has 21 heavy (non-hydrogen) atoms. The molecule has 116 valence electrons. The van der Waals surface area contributed by atoms with E-state index in [1.807, 2.05) is 13.0 Å². The SMILES string of the molecule is COC(=O)c1cc(NC2CCCCCC2O)cc(C)c1N. The minimum Gasteiger partial charge on any atom is -0.465 e. The van der Waals surface area contributed by atoms with Gasteiger partial charge in [-0.25, -0.2) is 4.79 Å². The molecule has 0 spiro atoms. The van der Waals surface area contributed by atoms with Crippen molar-refractivity contribution in [3.63, 3.8) is 0 Å². The van der Waals surface area contributed by atoms with Crippen LogP contribution in [0.15, 0.2) is 12.1 Å². The van der Waals surface area contributed by atoms with E-state index in [4.69, 9.17) is 10.5 Å². The van der Waals surface area contributed by atoms with Gasteiger partial charge in [-0.3, -0.25) is 0 Å². The largest absolute Gasteiger partial charge is 0.465 e. The van der Waals surface area contributed by atoms with Crippen LogP contribution >= 0.6 is 0 Å². The van der Waals surface area contributed by atoms with Gasteiger partial charge in [0.25, 0.3) is 0 Å². The number of aliphatic hydroxyl groups is 1. The van der Waals surface area contributed by atoms with Crippen LogP contribution in [0, 0.1) is 6.92 Å². The Morgan fingerprint density at radius 3 is 2.76 bits per heavy atom. The minimum atomic E-state index is -0.444. The van der Waals surface area contributed by atoms with Gasteiger partial charge in [0.2, 0.25) is 0 Å². The van der Waals surface area contributed by atoms with Crippen molar-refractivity contribution in [2.45, 2.75) is 51.2 Å². The van der Waals surface area contributed by atoms with E-state index in [9.17, 15) is 9.90 Å². The summed E-state index contributed by atoms with van der Waals surface area (Å²) < 4.78 is 4.76. The van der Waals surface area contributed by atoms with Crippen molar-refractivity contribution >= 4 is 17.3 Å². The molecule has 2 rings (SSSR count). The molecule has 1 fully saturated rings. The van der Waals surface area contributed by atoms with Gasteiger partial charge in [-0.05, 0) is 37.5 Å². The fourth-order valence-electron chi connectivity index (χ4n) is 2.83. The molecule has 5 heteroatoms. The average Bonchev–Trinajstić information content (AvgIpc) is 2.67. The predicted octanol–water partition coefficient (Wildman–Crippen LogP) is 2.47. The van der Waals surface area contributed by atoms with E-state index in [1.165, 1.54) is 7.11 Å². The molecule has 1 aromatic rings. The summed E-state index contributed by atoms with van der Waals surface area (Å²) in [6, 6.07) is 3.62. The Balaban J connectivity index is 2.23. The van der Waals surface area contributed by atoms with Gasteiger partial charge in [0.15, 0.2) is 0 Å². The Bertz CT molecular complexity index is 516. The second-order valence-electron chi connectivity index (χ2n) is 5.70. The Labute approximate surface area is 125 Å². The van der Waals surface area contributed by atoms with Crippen LogP contribution in [-0.4, -0.2) is 30.3 Å². The second-order valence-corrected chi connectivity index (χ2v) is 5.70. The number of aryl methyl sites for hydroxylation is 1. The lowest BCUT2D eigenvalue weighted by Crippen LogP contribution is -2.32. The molecule has 1 saturated carbocycles. The number of anilines is 2. The van der Waals surface area contributed by atoms with Crippen molar-refractivity contribution < 1.29 is 14.6 Å². The maximum absolute atomic E-state index is 11.8. The van der Waals surface area contributed by atoms with Crippen LogP contribution in [0.2, 0.25) is 0 Å². The fraction of sp³-hybridized carbons (Fsp3) is 0.562. The zero-order valence-electron chi connectivity index (χ0n) is 12.7. The Kier molecular flexibility index (Phi) is 5.07. The minimum absolute atomic E-state index is 0.0148. The van der Waals surface area contributed by atoms with Crippen LogP contribution in [0.1, 0.15) is 48.0 Å². The fourth-order valence-corrected chi connectivity index (χ4v) is 2.83. The van der Waals surface area contributed by atoms with Crippen LogP contribution in [0.5, 0.6) is 0 Å². The first kappa shape index (κ1) is 15.6. The highest BCUT2D eigenvalue weighted by Gasteiger charge is 2.22. The van der Waals surface area contributed by atoms with Crippen molar-refractivity contribution in [1.29, 1.82) is 0 Å².